The van der Waals surface area contributed by atoms with Gasteiger partial charge in [0.2, 0.25) is 5.76 Å². The van der Waals surface area contributed by atoms with Gasteiger partial charge in [-0.05, 0) is 31.2 Å². The molecule has 9 heteroatoms. The highest BCUT2D eigenvalue weighted by Crippen LogP contribution is 2.34. The van der Waals surface area contributed by atoms with E-state index in [0.717, 1.165) is 0 Å². The maximum atomic E-state index is 12.2. The van der Waals surface area contributed by atoms with E-state index in [9.17, 15) is 14.9 Å². The second kappa shape index (κ2) is 8.57. The first-order valence-electron chi connectivity index (χ1n) is 7.96. The zero-order valence-electron chi connectivity index (χ0n) is 14.4. The van der Waals surface area contributed by atoms with Gasteiger partial charge in [-0.1, -0.05) is 29.3 Å². The minimum absolute atomic E-state index is 0.0996. The van der Waals surface area contributed by atoms with Crippen LogP contribution in [0.3, 0.4) is 0 Å². The van der Waals surface area contributed by atoms with Crippen molar-refractivity contribution in [3.05, 3.63) is 62.2 Å². The molecule has 1 aromatic carbocycles. The molecule has 0 aliphatic rings. The molecule has 1 atom stereocenters. The molecule has 3 rings (SSSR count). The standard InChI is InChI=1S/C19H12Cl2N2O4S/c1-10-9-28-18(23-10)12(7-22)14(24)8-26-19(25)16-6-5-15(27-16)11-3-2-4-13(20)17(11)21/h2-6,9,12H,8H2,1H3/t12-/m1/s1. The summed E-state index contributed by atoms with van der Waals surface area (Å²) in [6, 6.07) is 9.87. The highest BCUT2D eigenvalue weighted by Gasteiger charge is 2.25. The fourth-order valence-electron chi connectivity index (χ4n) is 2.35. The van der Waals surface area contributed by atoms with Gasteiger partial charge < -0.3 is 9.15 Å². The van der Waals surface area contributed by atoms with Crippen molar-refractivity contribution in [1.82, 2.24) is 4.98 Å². The topological polar surface area (TPSA) is 93.2 Å². The first kappa shape index (κ1) is 20.1. The normalized spacial score (nSPS) is 11.6. The molecule has 2 heterocycles. The number of ketones is 1. The number of Topliss-reactive ketones (excluding diaryl/α,β-unsaturated/α-hetero) is 1. The van der Waals surface area contributed by atoms with Gasteiger partial charge >= 0.3 is 5.97 Å². The average molecular weight is 435 g/mol. The van der Waals surface area contributed by atoms with Crippen LogP contribution in [0.5, 0.6) is 0 Å². The summed E-state index contributed by atoms with van der Waals surface area (Å²) >= 11 is 13.3. The Labute approximate surface area is 174 Å². The lowest BCUT2D eigenvalue weighted by atomic mass is 10.1. The Morgan fingerprint density at radius 3 is 2.79 bits per heavy atom. The summed E-state index contributed by atoms with van der Waals surface area (Å²) in [5.74, 6) is -2.24. The predicted octanol–water partition coefficient (Wildman–Crippen LogP) is 5.05. The highest BCUT2D eigenvalue weighted by atomic mass is 35.5. The van der Waals surface area contributed by atoms with Gasteiger partial charge in [0.1, 0.15) is 10.8 Å². The van der Waals surface area contributed by atoms with Crippen molar-refractivity contribution in [3.63, 3.8) is 0 Å². The lowest BCUT2D eigenvalue weighted by Crippen LogP contribution is -2.19. The Morgan fingerprint density at radius 1 is 1.32 bits per heavy atom. The molecule has 3 aromatic rings. The number of nitrogens with zero attached hydrogens (tertiary/aromatic N) is 2. The lowest BCUT2D eigenvalue weighted by molar-refractivity contribution is -0.122. The SMILES string of the molecule is Cc1csc([C@H](C#N)C(=O)COC(=O)c2ccc(-c3cccc(Cl)c3Cl)o2)n1. The lowest BCUT2D eigenvalue weighted by Gasteiger charge is -2.06. The average Bonchev–Trinajstić information content (AvgIpc) is 3.32. The number of ether oxygens (including phenoxy) is 1. The summed E-state index contributed by atoms with van der Waals surface area (Å²) in [7, 11) is 0. The molecular formula is C19H12Cl2N2O4S. The van der Waals surface area contributed by atoms with Gasteiger partial charge in [0, 0.05) is 16.6 Å². The number of nitriles is 1. The molecule has 0 fully saturated rings. The van der Waals surface area contributed by atoms with Crippen molar-refractivity contribution in [2.45, 2.75) is 12.8 Å². The van der Waals surface area contributed by atoms with E-state index < -0.39 is 24.3 Å². The van der Waals surface area contributed by atoms with E-state index in [-0.39, 0.29) is 5.76 Å². The number of esters is 1. The van der Waals surface area contributed by atoms with Crippen LogP contribution in [0.2, 0.25) is 10.0 Å². The number of thiazole rings is 1. The van der Waals surface area contributed by atoms with Crippen molar-refractivity contribution in [2.24, 2.45) is 0 Å². The molecule has 28 heavy (non-hydrogen) atoms. The number of halogens is 2. The predicted molar refractivity (Wildman–Crippen MR) is 105 cm³/mol. The Hall–Kier alpha value is -2.66. The Morgan fingerprint density at radius 2 is 2.11 bits per heavy atom. The van der Waals surface area contributed by atoms with Gasteiger partial charge in [0.25, 0.3) is 0 Å². The van der Waals surface area contributed by atoms with E-state index in [1.165, 1.54) is 17.4 Å². The van der Waals surface area contributed by atoms with Crippen LogP contribution in [0.1, 0.15) is 27.2 Å². The smallest absolute Gasteiger partial charge is 0.374 e. The molecule has 0 unspecified atom stereocenters. The van der Waals surface area contributed by atoms with Crippen LogP contribution in [0.4, 0.5) is 0 Å². The molecule has 0 radical (unpaired) electrons. The number of aromatic nitrogens is 1. The summed E-state index contributed by atoms with van der Waals surface area (Å²) in [6.07, 6.45) is 0. The van der Waals surface area contributed by atoms with Gasteiger partial charge in [0.15, 0.2) is 18.3 Å². The third-order valence-electron chi connectivity index (χ3n) is 3.70. The third kappa shape index (κ3) is 4.25. The monoisotopic (exact) mass is 434 g/mol. The second-order valence-electron chi connectivity index (χ2n) is 5.70. The second-order valence-corrected chi connectivity index (χ2v) is 7.37. The largest absolute Gasteiger partial charge is 0.452 e. The van der Waals surface area contributed by atoms with E-state index in [1.807, 2.05) is 6.07 Å². The van der Waals surface area contributed by atoms with Gasteiger partial charge in [0.05, 0.1) is 16.1 Å². The number of rotatable bonds is 6. The van der Waals surface area contributed by atoms with Crippen LogP contribution in [0, 0.1) is 18.3 Å². The summed E-state index contributed by atoms with van der Waals surface area (Å²) in [5, 5.41) is 12.0. The maximum Gasteiger partial charge on any atom is 0.374 e. The molecule has 0 amide bonds. The van der Waals surface area contributed by atoms with Crippen LogP contribution in [-0.2, 0) is 9.53 Å². The van der Waals surface area contributed by atoms with Crippen molar-refractivity contribution in [3.8, 4) is 17.4 Å². The van der Waals surface area contributed by atoms with E-state index in [1.54, 1.807) is 36.6 Å². The van der Waals surface area contributed by atoms with Crippen LogP contribution < -0.4 is 0 Å². The molecule has 0 saturated heterocycles. The first-order valence-corrected chi connectivity index (χ1v) is 9.60. The zero-order chi connectivity index (χ0) is 20.3. The summed E-state index contributed by atoms with van der Waals surface area (Å²) in [4.78, 5) is 28.5. The zero-order valence-corrected chi connectivity index (χ0v) is 16.8. The number of carbonyl (C=O) groups is 2. The van der Waals surface area contributed by atoms with E-state index >= 15 is 0 Å². The number of furan rings is 1. The van der Waals surface area contributed by atoms with Crippen molar-refractivity contribution < 1.29 is 18.7 Å². The Bertz CT molecular complexity index is 1080. The minimum Gasteiger partial charge on any atom is -0.452 e. The first-order chi connectivity index (χ1) is 13.4. The van der Waals surface area contributed by atoms with Gasteiger partial charge in [-0.25, -0.2) is 9.78 Å². The third-order valence-corrected chi connectivity index (χ3v) is 5.55. The summed E-state index contributed by atoms with van der Waals surface area (Å²) in [6.45, 7) is 1.20. The molecule has 0 N–H and O–H groups in total. The van der Waals surface area contributed by atoms with Crippen molar-refractivity contribution in [2.75, 3.05) is 6.61 Å². The fourth-order valence-corrected chi connectivity index (χ4v) is 3.60. The molecule has 6 nitrogen and oxygen atoms in total. The molecule has 0 aliphatic heterocycles. The van der Waals surface area contributed by atoms with E-state index in [4.69, 9.17) is 32.4 Å². The van der Waals surface area contributed by atoms with Gasteiger partial charge in [-0.3, -0.25) is 4.79 Å². The van der Waals surface area contributed by atoms with Crippen molar-refractivity contribution >= 4 is 46.3 Å². The molecule has 2 aromatic heterocycles. The minimum atomic E-state index is -1.08. The highest BCUT2D eigenvalue weighted by molar-refractivity contribution is 7.09. The maximum absolute atomic E-state index is 12.2. The molecule has 0 spiro atoms. The summed E-state index contributed by atoms with van der Waals surface area (Å²) in [5.41, 5.74) is 1.24. The number of hydrogen-bond acceptors (Lipinski definition) is 7. The molecular weight excluding hydrogens is 423 g/mol. The number of carbonyl (C=O) groups excluding carboxylic acids is 2. The number of hydrogen-bond donors (Lipinski definition) is 0. The molecule has 0 bridgehead atoms. The van der Waals surface area contributed by atoms with Crippen LogP contribution in [0.25, 0.3) is 11.3 Å². The molecule has 0 aliphatic carbocycles. The van der Waals surface area contributed by atoms with Crippen molar-refractivity contribution in [1.29, 1.82) is 5.26 Å². The van der Waals surface area contributed by atoms with Crippen LogP contribution in [-0.4, -0.2) is 23.3 Å². The van der Waals surface area contributed by atoms with Crippen LogP contribution in [0.15, 0.2) is 40.1 Å². The molecule has 142 valence electrons. The fraction of sp³-hybridized carbons (Fsp3) is 0.158. The van der Waals surface area contributed by atoms with E-state index in [2.05, 4.69) is 4.98 Å². The Balaban J connectivity index is 1.67. The molecule has 0 saturated carbocycles. The van der Waals surface area contributed by atoms with E-state index in [0.29, 0.717) is 32.1 Å². The Kier molecular flexibility index (Phi) is 6.15. The summed E-state index contributed by atoms with van der Waals surface area (Å²) < 4.78 is 10.5. The van der Waals surface area contributed by atoms with Crippen LogP contribution >= 0.6 is 34.5 Å². The van der Waals surface area contributed by atoms with Gasteiger partial charge in [-0.2, -0.15) is 5.26 Å². The number of benzene rings is 1. The quantitative estimate of drug-likeness (QED) is 0.503. The van der Waals surface area contributed by atoms with Gasteiger partial charge in [-0.15, -0.1) is 11.3 Å². The number of aryl methyl sites for hydroxylation is 1.